The Balaban J connectivity index is 1.91. The summed E-state index contributed by atoms with van der Waals surface area (Å²) in [6.07, 6.45) is 2.21. The molecular weight excluding hydrogens is 266 g/mol. The molecular formula is C13H21NO4S. The minimum absolute atomic E-state index is 0.0694. The highest BCUT2D eigenvalue weighted by atomic mass is 32.2. The van der Waals surface area contributed by atoms with E-state index >= 15 is 0 Å². The largest absolute Gasteiger partial charge is 0.348 e. The molecule has 5 nitrogen and oxygen atoms in total. The predicted octanol–water partition coefficient (Wildman–Crippen LogP) is 0.700. The number of carbonyl (C=O) groups excluding carboxylic acids is 1. The predicted molar refractivity (Wildman–Crippen MR) is 70.1 cm³/mol. The molecule has 108 valence electrons. The maximum atomic E-state index is 12.5. The minimum atomic E-state index is -3.45. The second-order valence-corrected chi connectivity index (χ2v) is 8.67. The van der Waals surface area contributed by atoms with E-state index in [1.807, 2.05) is 13.8 Å². The van der Waals surface area contributed by atoms with E-state index in [1.54, 1.807) is 0 Å². The number of carbonyl (C=O) groups is 1. The second-order valence-electron chi connectivity index (χ2n) is 6.63. The van der Waals surface area contributed by atoms with Crippen LogP contribution in [0.5, 0.6) is 0 Å². The maximum Gasteiger partial charge on any atom is 0.212 e. The van der Waals surface area contributed by atoms with Gasteiger partial charge in [0.1, 0.15) is 5.78 Å². The van der Waals surface area contributed by atoms with Crippen LogP contribution in [-0.4, -0.2) is 38.7 Å². The summed E-state index contributed by atoms with van der Waals surface area (Å²) >= 11 is 0. The highest BCUT2D eigenvalue weighted by molar-refractivity contribution is 7.91. The van der Waals surface area contributed by atoms with Crippen LogP contribution in [-0.2, 0) is 19.4 Å². The summed E-state index contributed by atoms with van der Waals surface area (Å²) in [4.78, 5) is 12.3. The molecule has 1 saturated heterocycles. The van der Waals surface area contributed by atoms with E-state index in [0.29, 0.717) is 31.9 Å². The quantitative estimate of drug-likeness (QED) is 0.827. The molecule has 1 N–H and O–H groups in total. The van der Waals surface area contributed by atoms with Gasteiger partial charge in [0.25, 0.3) is 0 Å². The Hall–Kier alpha value is -0.460. The van der Waals surface area contributed by atoms with Crippen molar-refractivity contribution in [1.29, 1.82) is 0 Å². The Morgan fingerprint density at radius 1 is 1.42 bits per heavy atom. The van der Waals surface area contributed by atoms with Crippen LogP contribution in [0.2, 0.25) is 0 Å². The summed E-state index contributed by atoms with van der Waals surface area (Å²) in [6.45, 7) is 5.07. The standard InChI is InChI=1S/C13H21NO4S/c1-12(2)9-3-4-13(12,10(15)7-9)8-19(16,17)11-14-5-6-18-11/h9,11,14H,3-8H2,1-2H3. The molecule has 3 unspecified atom stereocenters. The van der Waals surface area contributed by atoms with Gasteiger partial charge < -0.3 is 4.74 Å². The van der Waals surface area contributed by atoms with Gasteiger partial charge in [-0.15, -0.1) is 0 Å². The lowest BCUT2D eigenvalue weighted by Crippen LogP contribution is -2.46. The van der Waals surface area contributed by atoms with Crippen molar-refractivity contribution in [1.82, 2.24) is 5.32 Å². The van der Waals surface area contributed by atoms with E-state index in [9.17, 15) is 13.2 Å². The summed E-state index contributed by atoms with van der Waals surface area (Å²) in [5, 5.41) is 2.85. The average Bonchev–Trinajstić information content (AvgIpc) is 2.95. The van der Waals surface area contributed by atoms with Crippen LogP contribution < -0.4 is 5.32 Å². The van der Waals surface area contributed by atoms with Crippen LogP contribution >= 0.6 is 0 Å². The summed E-state index contributed by atoms with van der Waals surface area (Å²) in [6, 6.07) is 0. The third-order valence-corrected chi connectivity index (χ3v) is 7.45. The number of fused-ring (bicyclic) bond motifs is 2. The van der Waals surface area contributed by atoms with Crippen molar-refractivity contribution in [3.8, 4) is 0 Å². The number of nitrogens with one attached hydrogen (secondary N) is 1. The zero-order valence-electron chi connectivity index (χ0n) is 11.4. The van der Waals surface area contributed by atoms with Crippen molar-refractivity contribution in [3.63, 3.8) is 0 Å². The third kappa shape index (κ3) is 1.73. The molecule has 0 radical (unpaired) electrons. The fourth-order valence-corrected chi connectivity index (χ4v) is 6.35. The van der Waals surface area contributed by atoms with Crippen molar-refractivity contribution in [2.24, 2.45) is 16.7 Å². The molecule has 0 amide bonds. The first-order valence-corrected chi connectivity index (χ1v) is 8.61. The van der Waals surface area contributed by atoms with E-state index in [1.165, 1.54) is 0 Å². The molecule has 1 heterocycles. The van der Waals surface area contributed by atoms with Crippen molar-refractivity contribution in [2.45, 2.75) is 38.7 Å². The van der Waals surface area contributed by atoms with Crippen molar-refractivity contribution in [3.05, 3.63) is 0 Å². The van der Waals surface area contributed by atoms with Crippen LogP contribution in [0, 0.1) is 16.7 Å². The lowest BCUT2D eigenvalue weighted by atomic mass is 9.70. The fourth-order valence-electron chi connectivity index (χ4n) is 4.16. The number of sulfone groups is 1. The van der Waals surface area contributed by atoms with E-state index in [0.717, 1.165) is 6.42 Å². The highest BCUT2D eigenvalue weighted by Crippen LogP contribution is 2.64. The normalized spacial score (nSPS) is 41.1. The molecule has 19 heavy (non-hydrogen) atoms. The van der Waals surface area contributed by atoms with Crippen molar-refractivity contribution < 1.29 is 17.9 Å². The minimum Gasteiger partial charge on any atom is -0.348 e. The zero-order chi connectivity index (χ0) is 13.9. The first-order chi connectivity index (χ1) is 8.80. The fraction of sp³-hybridized carbons (Fsp3) is 0.923. The number of ketones is 1. The number of rotatable bonds is 3. The van der Waals surface area contributed by atoms with Gasteiger partial charge >= 0.3 is 0 Å². The molecule has 3 aliphatic rings. The topological polar surface area (TPSA) is 72.5 Å². The second kappa shape index (κ2) is 4.02. The molecule has 2 bridgehead atoms. The van der Waals surface area contributed by atoms with Gasteiger partial charge in [0.15, 0.2) is 9.84 Å². The molecule has 3 rings (SSSR count). The number of hydrogen-bond acceptors (Lipinski definition) is 5. The van der Waals surface area contributed by atoms with Crippen LogP contribution in [0.3, 0.4) is 0 Å². The molecule has 0 spiro atoms. The van der Waals surface area contributed by atoms with Crippen LogP contribution in [0.15, 0.2) is 0 Å². The molecule has 3 atom stereocenters. The molecule has 0 aromatic carbocycles. The van der Waals surface area contributed by atoms with Gasteiger partial charge in [-0.05, 0) is 24.2 Å². The summed E-state index contributed by atoms with van der Waals surface area (Å²) in [7, 11) is -3.45. The SMILES string of the molecule is CC1(C)C2CCC1(CS(=O)(=O)C1NCCO1)C(=O)C2. The summed E-state index contributed by atoms with van der Waals surface area (Å²) in [5.41, 5.74) is -1.83. The molecule has 2 saturated carbocycles. The van der Waals surface area contributed by atoms with Gasteiger partial charge in [-0.2, -0.15) is 0 Å². The smallest absolute Gasteiger partial charge is 0.212 e. The summed E-state index contributed by atoms with van der Waals surface area (Å²) in [5.74, 6) is 0.406. The Bertz CT molecular complexity index is 507. The molecule has 0 aromatic heterocycles. The molecule has 1 aliphatic heterocycles. The van der Waals surface area contributed by atoms with Gasteiger partial charge in [0.2, 0.25) is 5.56 Å². The van der Waals surface area contributed by atoms with Gasteiger partial charge in [0, 0.05) is 18.4 Å². The van der Waals surface area contributed by atoms with E-state index in [4.69, 9.17) is 4.74 Å². The van der Waals surface area contributed by atoms with Gasteiger partial charge in [-0.1, -0.05) is 13.8 Å². The number of ether oxygens (including phenoxy) is 1. The van der Waals surface area contributed by atoms with Crippen molar-refractivity contribution >= 4 is 15.6 Å². The molecule has 6 heteroatoms. The van der Waals surface area contributed by atoms with E-state index in [-0.39, 0.29) is 17.0 Å². The monoisotopic (exact) mass is 287 g/mol. The lowest BCUT2D eigenvalue weighted by molar-refractivity contribution is -0.128. The Kier molecular flexibility index (Phi) is 2.86. The van der Waals surface area contributed by atoms with Crippen molar-refractivity contribution in [2.75, 3.05) is 18.9 Å². The lowest BCUT2D eigenvalue weighted by Gasteiger charge is -2.36. The Labute approximate surface area is 114 Å². The molecule has 3 fully saturated rings. The van der Waals surface area contributed by atoms with E-state index in [2.05, 4.69) is 5.32 Å². The first kappa shape index (κ1) is 13.5. The Morgan fingerprint density at radius 2 is 2.16 bits per heavy atom. The number of Topliss-reactive ketones (excluding diaryl/α,β-unsaturated/α-hetero) is 1. The highest BCUT2D eigenvalue weighted by Gasteiger charge is 2.65. The van der Waals surface area contributed by atoms with E-state index < -0.39 is 20.8 Å². The van der Waals surface area contributed by atoms with Crippen LogP contribution in [0.25, 0.3) is 0 Å². The van der Waals surface area contributed by atoms with Gasteiger partial charge in [0.05, 0.1) is 12.4 Å². The maximum absolute atomic E-state index is 12.5. The Morgan fingerprint density at radius 3 is 2.63 bits per heavy atom. The molecule has 0 aromatic rings. The van der Waals surface area contributed by atoms with Gasteiger partial charge in [-0.25, -0.2) is 8.42 Å². The van der Waals surface area contributed by atoms with Gasteiger partial charge in [-0.3, -0.25) is 10.1 Å². The zero-order valence-corrected chi connectivity index (χ0v) is 12.3. The number of hydrogen-bond donors (Lipinski definition) is 1. The van der Waals surface area contributed by atoms with Crippen LogP contribution in [0.4, 0.5) is 0 Å². The summed E-state index contributed by atoms with van der Waals surface area (Å²) < 4.78 is 30.2. The van der Waals surface area contributed by atoms with Crippen LogP contribution in [0.1, 0.15) is 33.1 Å². The third-order valence-electron chi connectivity index (χ3n) is 5.60. The average molecular weight is 287 g/mol. The first-order valence-electron chi connectivity index (χ1n) is 6.89. The molecule has 2 aliphatic carbocycles.